The second-order valence-electron chi connectivity index (χ2n) is 11.3. The highest BCUT2D eigenvalue weighted by Crippen LogP contribution is 2.83. The van der Waals surface area contributed by atoms with Crippen molar-refractivity contribution in [3.63, 3.8) is 0 Å². The molecule has 27 heavy (non-hydrogen) atoms. The number of fused-ring (bicyclic) bond motifs is 2. The number of rotatable bonds is 2. The molecule has 11 atom stereocenters. The van der Waals surface area contributed by atoms with E-state index in [9.17, 15) is 20.4 Å². The van der Waals surface area contributed by atoms with Gasteiger partial charge in [-0.25, -0.2) is 0 Å². The van der Waals surface area contributed by atoms with Crippen molar-refractivity contribution < 1.29 is 20.4 Å². The molecule has 0 amide bonds. The quantitative estimate of drug-likeness (QED) is 0.577. The maximum Gasteiger partial charge on any atom is 0.117 e. The van der Waals surface area contributed by atoms with Gasteiger partial charge in [-0.3, -0.25) is 4.90 Å². The zero-order chi connectivity index (χ0) is 19.0. The fourth-order valence-corrected chi connectivity index (χ4v) is 10.4. The summed E-state index contributed by atoms with van der Waals surface area (Å²) < 4.78 is 0. The minimum atomic E-state index is -1.32. The molecule has 5 heteroatoms. The number of aliphatic hydroxyl groups excluding tert-OH is 3. The fraction of sp³-hybridized carbons (Fsp3) is 1.00. The largest absolute Gasteiger partial charge is 0.393 e. The molecule has 0 aromatic rings. The van der Waals surface area contributed by atoms with Crippen molar-refractivity contribution in [1.29, 1.82) is 0 Å². The molecule has 11 unspecified atom stereocenters. The summed E-state index contributed by atoms with van der Waals surface area (Å²) in [6.07, 6.45) is 4.86. The second kappa shape index (κ2) is 4.92. The highest BCUT2D eigenvalue weighted by atomic mass is 16.4. The molecule has 7 bridgehead atoms. The van der Waals surface area contributed by atoms with Gasteiger partial charge < -0.3 is 20.4 Å². The molecule has 6 saturated carbocycles. The lowest BCUT2D eigenvalue weighted by Crippen LogP contribution is -2.73. The zero-order valence-corrected chi connectivity index (χ0v) is 16.6. The second-order valence-corrected chi connectivity index (χ2v) is 11.3. The van der Waals surface area contributed by atoms with Crippen LogP contribution in [0.25, 0.3) is 0 Å². The van der Waals surface area contributed by atoms with Crippen LogP contribution in [0, 0.1) is 39.9 Å². The van der Waals surface area contributed by atoms with Crippen molar-refractivity contribution in [2.45, 2.75) is 76.2 Å². The Bertz CT molecular complexity index is 687. The van der Waals surface area contributed by atoms with Crippen molar-refractivity contribution in [3.05, 3.63) is 0 Å². The van der Waals surface area contributed by atoms with Crippen LogP contribution >= 0.6 is 0 Å². The van der Waals surface area contributed by atoms with E-state index in [0.717, 1.165) is 51.6 Å². The van der Waals surface area contributed by atoms with Crippen molar-refractivity contribution in [1.82, 2.24) is 4.90 Å². The molecule has 5 nitrogen and oxygen atoms in total. The number of nitrogens with zero attached hydrogens (tertiary/aromatic N) is 1. The van der Waals surface area contributed by atoms with Gasteiger partial charge in [-0.1, -0.05) is 13.8 Å². The van der Waals surface area contributed by atoms with Gasteiger partial charge >= 0.3 is 0 Å². The molecular formula is C22H35NO4. The van der Waals surface area contributed by atoms with Gasteiger partial charge in [-0.05, 0) is 74.2 Å². The van der Waals surface area contributed by atoms with E-state index in [1.165, 1.54) is 0 Å². The summed E-state index contributed by atoms with van der Waals surface area (Å²) >= 11 is 0. The van der Waals surface area contributed by atoms with E-state index in [4.69, 9.17) is 0 Å². The van der Waals surface area contributed by atoms with E-state index in [1.54, 1.807) is 0 Å². The molecule has 1 saturated heterocycles. The Morgan fingerprint density at radius 3 is 2.48 bits per heavy atom. The summed E-state index contributed by atoms with van der Waals surface area (Å²) in [5.74, 6) is 1.36. The first-order valence-electron chi connectivity index (χ1n) is 11.2. The first-order valence-corrected chi connectivity index (χ1v) is 11.2. The van der Waals surface area contributed by atoms with Gasteiger partial charge in [-0.2, -0.15) is 0 Å². The maximum atomic E-state index is 11.5. The van der Waals surface area contributed by atoms with Crippen molar-refractivity contribution in [3.8, 4) is 0 Å². The molecule has 0 aromatic heterocycles. The fourth-order valence-electron chi connectivity index (χ4n) is 10.4. The zero-order valence-electron chi connectivity index (χ0n) is 16.6. The van der Waals surface area contributed by atoms with Gasteiger partial charge in [0.2, 0.25) is 0 Å². The van der Waals surface area contributed by atoms with Crippen LogP contribution in [0.4, 0.5) is 0 Å². The normalized spacial score (nSPS) is 66.2. The monoisotopic (exact) mass is 377 g/mol. The number of aliphatic hydroxyl groups is 4. The minimum absolute atomic E-state index is 0.00649. The molecule has 1 heterocycles. The third kappa shape index (κ3) is 1.53. The topological polar surface area (TPSA) is 84.2 Å². The van der Waals surface area contributed by atoms with Crippen LogP contribution < -0.4 is 0 Å². The highest BCUT2D eigenvalue weighted by Gasteiger charge is 2.85. The van der Waals surface area contributed by atoms with E-state index in [-0.39, 0.29) is 34.9 Å². The highest BCUT2D eigenvalue weighted by molar-refractivity contribution is 5.34. The average Bonchev–Trinajstić information content (AvgIpc) is 3.09. The van der Waals surface area contributed by atoms with Gasteiger partial charge in [0, 0.05) is 23.4 Å². The van der Waals surface area contributed by atoms with Gasteiger partial charge in [0.15, 0.2) is 0 Å². The first kappa shape index (κ1) is 17.6. The van der Waals surface area contributed by atoms with E-state index < -0.39 is 11.7 Å². The summed E-state index contributed by atoms with van der Waals surface area (Å²) in [5.41, 5.74) is -1.42. The molecule has 4 N–H and O–H groups in total. The third-order valence-electron chi connectivity index (χ3n) is 11.2. The van der Waals surface area contributed by atoms with Crippen LogP contribution in [0.15, 0.2) is 0 Å². The molecule has 2 spiro atoms. The Morgan fingerprint density at radius 2 is 1.78 bits per heavy atom. The molecule has 7 aliphatic rings. The standard InChI is InChI=1S/C22H35NO4/c1-3-23-10-19(2)14-9-13-17(23)21(14,7-5-16(19)25)15-8-12-4-6-20(13,15)18(26)22(12,27)11-24/h12-18,24-27H,3-11H2,1-2H3. The Labute approximate surface area is 161 Å². The Balaban J connectivity index is 1.55. The Kier molecular flexibility index (Phi) is 3.21. The molecule has 1 aliphatic heterocycles. The molecule has 0 radical (unpaired) electrons. The van der Waals surface area contributed by atoms with Gasteiger partial charge in [0.25, 0.3) is 0 Å². The van der Waals surface area contributed by atoms with Crippen LogP contribution in [0.3, 0.4) is 0 Å². The van der Waals surface area contributed by atoms with Crippen molar-refractivity contribution in [2.75, 3.05) is 19.7 Å². The summed E-state index contributed by atoms with van der Waals surface area (Å²) in [7, 11) is 0. The lowest BCUT2D eigenvalue weighted by molar-refractivity contribution is -0.292. The number of piperidine rings is 1. The Morgan fingerprint density at radius 1 is 1.04 bits per heavy atom. The number of hydrogen-bond acceptors (Lipinski definition) is 5. The molecule has 0 aromatic carbocycles. The van der Waals surface area contributed by atoms with Crippen molar-refractivity contribution >= 4 is 0 Å². The van der Waals surface area contributed by atoms with Crippen LogP contribution in [0.5, 0.6) is 0 Å². The van der Waals surface area contributed by atoms with Crippen LogP contribution in [-0.2, 0) is 0 Å². The van der Waals surface area contributed by atoms with E-state index in [2.05, 4.69) is 18.7 Å². The SMILES string of the molecule is CCN1CC2(C)C(O)CCC34C1C(CC23)C12CCC(CC41)C(O)(CO)C2O. The lowest BCUT2D eigenvalue weighted by Gasteiger charge is -2.69. The average molecular weight is 378 g/mol. The van der Waals surface area contributed by atoms with Crippen molar-refractivity contribution in [2.24, 2.45) is 39.9 Å². The van der Waals surface area contributed by atoms with Crippen LogP contribution in [-0.4, -0.2) is 68.9 Å². The molecular weight excluding hydrogens is 342 g/mol. The molecule has 6 aliphatic carbocycles. The molecule has 7 fully saturated rings. The summed E-state index contributed by atoms with van der Waals surface area (Å²) in [4.78, 5) is 2.63. The van der Waals surface area contributed by atoms with Crippen LogP contribution in [0.1, 0.15) is 52.4 Å². The maximum absolute atomic E-state index is 11.5. The van der Waals surface area contributed by atoms with Gasteiger partial charge in [-0.15, -0.1) is 0 Å². The third-order valence-corrected chi connectivity index (χ3v) is 11.2. The lowest BCUT2D eigenvalue weighted by atomic mass is 9.38. The minimum Gasteiger partial charge on any atom is -0.393 e. The molecule has 152 valence electrons. The van der Waals surface area contributed by atoms with Gasteiger partial charge in [0.1, 0.15) is 5.60 Å². The van der Waals surface area contributed by atoms with E-state index >= 15 is 0 Å². The van der Waals surface area contributed by atoms with E-state index in [0.29, 0.717) is 23.8 Å². The molecule has 7 rings (SSSR count). The summed E-state index contributed by atoms with van der Waals surface area (Å²) in [6.45, 7) is 6.18. The predicted octanol–water partition coefficient (Wildman–Crippen LogP) is 0.988. The Hall–Kier alpha value is -0.200. The summed E-state index contributed by atoms with van der Waals surface area (Å²) in [6, 6.07) is 0.479. The summed E-state index contributed by atoms with van der Waals surface area (Å²) in [5, 5.41) is 43.7. The smallest absolute Gasteiger partial charge is 0.117 e. The number of hydrogen-bond donors (Lipinski definition) is 4. The van der Waals surface area contributed by atoms with Crippen LogP contribution in [0.2, 0.25) is 0 Å². The van der Waals surface area contributed by atoms with E-state index in [1.807, 2.05) is 0 Å². The number of likely N-dealkylation sites (tertiary alicyclic amines) is 1. The first-order chi connectivity index (χ1) is 12.8. The predicted molar refractivity (Wildman–Crippen MR) is 99.7 cm³/mol. The van der Waals surface area contributed by atoms with Gasteiger partial charge in [0.05, 0.1) is 18.8 Å².